The SMILES string of the molecule is CN=C(NCCC(C)N(C)Cc1ccccc1)NC(C)c1cccs1. The van der Waals surface area contributed by atoms with Crippen LogP contribution < -0.4 is 10.6 Å². The van der Waals surface area contributed by atoms with Crippen molar-refractivity contribution < 1.29 is 0 Å². The van der Waals surface area contributed by atoms with Crippen molar-refractivity contribution in [1.82, 2.24) is 15.5 Å². The lowest BCUT2D eigenvalue weighted by molar-refractivity contribution is 0.238. The molecule has 2 aromatic rings. The smallest absolute Gasteiger partial charge is 0.191 e. The standard InChI is InChI=1S/C20H30N4S/c1-16(24(4)15-18-9-6-5-7-10-18)12-13-22-20(21-3)23-17(2)19-11-8-14-25-19/h5-11,14,16-17H,12-13,15H2,1-4H3,(H2,21,22,23). The number of thiophene rings is 1. The average Bonchev–Trinajstić information content (AvgIpc) is 3.16. The first-order valence-corrected chi connectivity index (χ1v) is 9.73. The van der Waals surface area contributed by atoms with Crippen LogP contribution in [-0.4, -0.2) is 37.5 Å². The Morgan fingerprint density at radius 2 is 1.92 bits per heavy atom. The number of nitrogens with zero attached hydrogens (tertiary/aromatic N) is 2. The highest BCUT2D eigenvalue weighted by Crippen LogP contribution is 2.17. The van der Waals surface area contributed by atoms with Gasteiger partial charge in [-0.2, -0.15) is 0 Å². The van der Waals surface area contributed by atoms with E-state index in [9.17, 15) is 0 Å². The van der Waals surface area contributed by atoms with Gasteiger partial charge in [-0.3, -0.25) is 9.89 Å². The Morgan fingerprint density at radius 3 is 2.56 bits per heavy atom. The average molecular weight is 359 g/mol. The second-order valence-electron chi connectivity index (χ2n) is 6.42. The summed E-state index contributed by atoms with van der Waals surface area (Å²) in [5.74, 6) is 0.860. The molecule has 2 unspecified atom stereocenters. The lowest BCUT2D eigenvalue weighted by Gasteiger charge is -2.25. The molecule has 25 heavy (non-hydrogen) atoms. The largest absolute Gasteiger partial charge is 0.356 e. The molecule has 0 saturated carbocycles. The number of aliphatic imine (C=N–C) groups is 1. The molecule has 0 bridgehead atoms. The van der Waals surface area contributed by atoms with Gasteiger partial charge in [0.2, 0.25) is 0 Å². The zero-order chi connectivity index (χ0) is 18.1. The minimum atomic E-state index is 0.268. The van der Waals surface area contributed by atoms with E-state index in [0.717, 1.165) is 25.5 Å². The van der Waals surface area contributed by atoms with Crippen LogP contribution in [0.2, 0.25) is 0 Å². The summed E-state index contributed by atoms with van der Waals surface area (Å²) in [7, 11) is 4.00. The van der Waals surface area contributed by atoms with E-state index in [1.807, 2.05) is 7.05 Å². The molecular formula is C20H30N4S. The Kier molecular flexibility index (Phi) is 7.95. The number of hydrogen-bond donors (Lipinski definition) is 2. The topological polar surface area (TPSA) is 39.7 Å². The Balaban J connectivity index is 1.72. The Bertz CT molecular complexity index is 624. The van der Waals surface area contributed by atoms with Gasteiger partial charge in [-0.1, -0.05) is 36.4 Å². The van der Waals surface area contributed by atoms with Gasteiger partial charge in [-0.25, -0.2) is 0 Å². The van der Waals surface area contributed by atoms with Gasteiger partial charge in [-0.15, -0.1) is 11.3 Å². The van der Waals surface area contributed by atoms with Crippen LogP contribution in [0, 0.1) is 0 Å². The lowest BCUT2D eigenvalue weighted by atomic mass is 10.1. The number of nitrogens with one attached hydrogen (secondary N) is 2. The summed E-state index contributed by atoms with van der Waals surface area (Å²) in [5, 5.41) is 8.98. The zero-order valence-electron chi connectivity index (χ0n) is 15.7. The number of rotatable bonds is 8. The highest BCUT2D eigenvalue weighted by Gasteiger charge is 2.11. The summed E-state index contributed by atoms with van der Waals surface area (Å²) in [6, 6.07) is 15.6. The van der Waals surface area contributed by atoms with E-state index in [1.54, 1.807) is 11.3 Å². The van der Waals surface area contributed by atoms with Crippen molar-refractivity contribution in [3.05, 3.63) is 58.3 Å². The van der Waals surface area contributed by atoms with Gasteiger partial charge in [0.05, 0.1) is 6.04 Å². The molecule has 0 aliphatic heterocycles. The van der Waals surface area contributed by atoms with Crippen molar-refractivity contribution in [2.75, 3.05) is 20.6 Å². The third kappa shape index (κ3) is 6.52. The first-order chi connectivity index (χ1) is 12.1. The van der Waals surface area contributed by atoms with Gasteiger partial charge >= 0.3 is 0 Å². The van der Waals surface area contributed by atoms with Crippen LogP contribution in [0.5, 0.6) is 0 Å². The van der Waals surface area contributed by atoms with Crippen molar-refractivity contribution in [2.45, 2.75) is 38.9 Å². The van der Waals surface area contributed by atoms with Gasteiger partial charge < -0.3 is 10.6 Å². The maximum Gasteiger partial charge on any atom is 0.191 e. The van der Waals surface area contributed by atoms with E-state index in [-0.39, 0.29) is 6.04 Å². The first-order valence-electron chi connectivity index (χ1n) is 8.85. The molecule has 0 aliphatic rings. The van der Waals surface area contributed by atoms with Gasteiger partial charge in [0, 0.05) is 31.1 Å². The van der Waals surface area contributed by atoms with Crippen LogP contribution in [0.1, 0.15) is 36.8 Å². The van der Waals surface area contributed by atoms with Crippen LogP contribution in [0.3, 0.4) is 0 Å². The minimum Gasteiger partial charge on any atom is -0.356 e. The third-order valence-corrected chi connectivity index (χ3v) is 5.48. The molecule has 2 N–H and O–H groups in total. The van der Waals surface area contributed by atoms with Crippen LogP contribution in [0.15, 0.2) is 52.8 Å². The summed E-state index contributed by atoms with van der Waals surface area (Å²) in [4.78, 5) is 8.04. The van der Waals surface area contributed by atoms with Crippen LogP contribution in [0.4, 0.5) is 0 Å². The molecule has 1 aromatic carbocycles. The van der Waals surface area contributed by atoms with Crippen LogP contribution >= 0.6 is 11.3 Å². The van der Waals surface area contributed by atoms with E-state index < -0.39 is 0 Å². The maximum absolute atomic E-state index is 4.33. The second kappa shape index (κ2) is 10.2. The third-order valence-electron chi connectivity index (χ3n) is 4.43. The molecule has 2 atom stereocenters. The fraction of sp³-hybridized carbons (Fsp3) is 0.450. The Labute approximate surface area is 156 Å². The monoisotopic (exact) mass is 358 g/mol. The molecule has 1 aromatic heterocycles. The van der Waals surface area contributed by atoms with E-state index in [4.69, 9.17) is 0 Å². The van der Waals surface area contributed by atoms with E-state index in [0.29, 0.717) is 6.04 Å². The highest BCUT2D eigenvalue weighted by molar-refractivity contribution is 7.10. The Hall–Kier alpha value is -1.85. The zero-order valence-corrected chi connectivity index (χ0v) is 16.5. The summed E-state index contributed by atoms with van der Waals surface area (Å²) >= 11 is 1.77. The van der Waals surface area contributed by atoms with Crippen LogP contribution in [-0.2, 0) is 6.54 Å². The summed E-state index contributed by atoms with van der Waals surface area (Å²) in [6.45, 7) is 6.31. The molecule has 136 valence electrons. The maximum atomic E-state index is 4.33. The second-order valence-corrected chi connectivity index (χ2v) is 7.40. The molecule has 1 heterocycles. The summed E-state index contributed by atoms with van der Waals surface area (Å²) in [6.07, 6.45) is 1.07. The van der Waals surface area contributed by atoms with E-state index in [2.05, 4.69) is 89.3 Å². The van der Waals surface area contributed by atoms with E-state index >= 15 is 0 Å². The molecule has 4 nitrogen and oxygen atoms in total. The van der Waals surface area contributed by atoms with Crippen molar-refractivity contribution >= 4 is 17.3 Å². The highest BCUT2D eigenvalue weighted by atomic mass is 32.1. The molecule has 0 aliphatic carbocycles. The van der Waals surface area contributed by atoms with Gasteiger partial charge in [0.25, 0.3) is 0 Å². The minimum absolute atomic E-state index is 0.268. The molecule has 0 amide bonds. The van der Waals surface area contributed by atoms with Gasteiger partial charge in [0.1, 0.15) is 0 Å². The first kappa shape index (κ1) is 19.5. The number of guanidine groups is 1. The molecule has 0 saturated heterocycles. The number of hydrogen-bond acceptors (Lipinski definition) is 3. The fourth-order valence-electron chi connectivity index (χ4n) is 2.66. The lowest BCUT2D eigenvalue weighted by Crippen LogP contribution is -2.40. The van der Waals surface area contributed by atoms with Gasteiger partial charge in [-0.05, 0) is 44.3 Å². The summed E-state index contributed by atoms with van der Waals surface area (Å²) in [5.41, 5.74) is 1.35. The summed E-state index contributed by atoms with van der Waals surface area (Å²) < 4.78 is 0. The fourth-order valence-corrected chi connectivity index (χ4v) is 3.39. The molecular weight excluding hydrogens is 328 g/mol. The van der Waals surface area contributed by atoms with Gasteiger partial charge in [0.15, 0.2) is 5.96 Å². The molecule has 0 spiro atoms. The molecule has 0 radical (unpaired) electrons. The Morgan fingerprint density at radius 1 is 1.16 bits per heavy atom. The molecule has 5 heteroatoms. The quantitative estimate of drug-likeness (QED) is 0.556. The van der Waals surface area contributed by atoms with Crippen molar-refractivity contribution in [3.8, 4) is 0 Å². The predicted octanol–water partition coefficient (Wildman–Crippen LogP) is 3.88. The number of benzene rings is 1. The van der Waals surface area contributed by atoms with Crippen molar-refractivity contribution in [2.24, 2.45) is 4.99 Å². The molecule has 0 fully saturated rings. The molecule has 2 rings (SSSR count). The van der Waals surface area contributed by atoms with Crippen molar-refractivity contribution in [1.29, 1.82) is 0 Å². The van der Waals surface area contributed by atoms with Crippen LogP contribution in [0.25, 0.3) is 0 Å². The predicted molar refractivity (Wildman–Crippen MR) is 109 cm³/mol. The van der Waals surface area contributed by atoms with Crippen molar-refractivity contribution in [3.63, 3.8) is 0 Å². The normalized spacial score (nSPS) is 14.4. The van der Waals surface area contributed by atoms with E-state index in [1.165, 1.54) is 10.4 Å².